The smallest absolute Gasteiger partial charge is 0.340 e. The van der Waals surface area contributed by atoms with Crippen molar-refractivity contribution in [2.45, 2.75) is 26.2 Å². The maximum absolute atomic E-state index is 12.2. The number of nitrogens with one attached hydrogen (secondary N) is 2. The molecule has 2 aromatic carbocycles. The van der Waals surface area contributed by atoms with Gasteiger partial charge >= 0.3 is 12.0 Å². The van der Waals surface area contributed by atoms with Gasteiger partial charge in [-0.1, -0.05) is 49.2 Å². The molecule has 0 atom stereocenters. The van der Waals surface area contributed by atoms with E-state index in [0.29, 0.717) is 48.2 Å². The van der Waals surface area contributed by atoms with Crippen LogP contribution in [0.1, 0.15) is 36.5 Å². The van der Waals surface area contributed by atoms with Crippen molar-refractivity contribution < 1.29 is 19.1 Å². The first-order valence-corrected chi connectivity index (χ1v) is 9.68. The van der Waals surface area contributed by atoms with Gasteiger partial charge in [-0.25, -0.2) is 9.59 Å². The largest absolute Gasteiger partial charge is 0.492 e. The summed E-state index contributed by atoms with van der Waals surface area (Å²) < 4.78 is 10.8. The number of ether oxygens (including phenoxy) is 2. The third-order valence-electron chi connectivity index (χ3n) is 3.83. The van der Waals surface area contributed by atoms with Gasteiger partial charge in [0.25, 0.3) is 0 Å². The van der Waals surface area contributed by atoms with Gasteiger partial charge in [-0.3, -0.25) is 0 Å². The fraction of sp³-hybridized carbons (Fsp3) is 0.333. The highest BCUT2D eigenvalue weighted by Gasteiger charge is 2.14. The lowest BCUT2D eigenvalue weighted by atomic mass is 10.2. The number of benzene rings is 2. The van der Waals surface area contributed by atoms with E-state index in [4.69, 9.17) is 21.1 Å². The monoisotopic (exact) mass is 404 g/mol. The van der Waals surface area contributed by atoms with E-state index in [1.165, 1.54) is 0 Å². The number of para-hydroxylation sites is 2. The second kappa shape index (κ2) is 11.9. The summed E-state index contributed by atoms with van der Waals surface area (Å²) >= 11 is 6.02. The van der Waals surface area contributed by atoms with Gasteiger partial charge in [0.15, 0.2) is 0 Å². The van der Waals surface area contributed by atoms with Crippen molar-refractivity contribution in [1.29, 1.82) is 0 Å². The first-order valence-electron chi connectivity index (χ1n) is 9.30. The number of urea groups is 1. The Hall–Kier alpha value is -2.73. The summed E-state index contributed by atoms with van der Waals surface area (Å²) in [6, 6.07) is 13.6. The van der Waals surface area contributed by atoms with Crippen LogP contribution in [0.2, 0.25) is 5.02 Å². The minimum absolute atomic E-state index is 0.329. The van der Waals surface area contributed by atoms with Crippen LogP contribution in [0.25, 0.3) is 0 Å². The summed E-state index contributed by atoms with van der Waals surface area (Å²) in [6.45, 7) is 3.22. The number of amides is 2. The highest BCUT2D eigenvalue weighted by molar-refractivity contribution is 6.32. The number of rotatable bonds is 10. The molecule has 0 bridgehead atoms. The van der Waals surface area contributed by atoms with Crippen LogP contribution in [-0.2, 0) is 4.74 Å². The Morgan fingerprint density at radius 3 is 2.54 bits per heavy atom. The fourth-order valence-electron chi connectivity index (χ4n) is 2.34. The Kier molecular flexibility index (Phi) is 9.15. The summed E-state index contributed by atoms with van der Waals surface area (Å²) in [7, 11) is 0. The number of carbonyl (C=O) groups is 2. The van der Waals surface area contributed by atoms with Crippen LogP contribution in [0.4, 0.5) is 10.5 Å². The Morgan fingerprint density at radius 1 is 1.00 bits per heavy atom. The van der Waals surface area contributed by atoms with Crippen LogP contribution in [0.3, 0.4) is 0 Å². The number of halogens is 1. The molecule has 150 valence electrons. The van der Waals surface area contributed by atoms with Crippen LogP contribution < -0.4 is 15.4 Å². The SMILES string of the molecule is CCCCOC(=O)c1ccccc1NC(=O)NCCCOc1ccccc1Cl. The Labute approximate surface area is 170 Å². The summed E-state index contributed by atoms with van der Waals surface area (Å²) in [4.78, 5) is 24.3. The predicted molar refractivity (Wildman–Crippen MR) is 110 cm³/mol. The van der Waals surface area contributed by atoms with Crippen molar-refractivity contribution in [3.63, 3.8) is 0 Å². The maximum atomic E-state index is 12.2. The van der Waals surface area contributed by atoms with Crippen molar-refractivity contribution in [2.75, 3.05) is 25.1 Å². The first kappa shape index (κ1) is 21.6. The molecule has 7 heteroatoms. The van der Waals surface area contributed by atoms with Crippen molar-refractivity contribution >= 4 is 29.3 Å². The minimum atomic E-state index is -0.447. The van der Waals surface area contributed by atoms with Gasteiger partial charge in [0.2, 0.25) is 0 Å². The summed E-state index contributed by atoms with van der Waals surface area (Å²) in [5.74, 6) is 0.168. The van der Waals surface area contributed by atoms with E-state index in [2.05, 4.69) is 10.6 Å². The third kappa shape index (κ3) is 7.12. The second-order valence-electron chi connectivity index (χ2n) is 6.05. The molecule has 0 aliphatic heterocycles. The van der Waals surface area contributed by atoms with Gasteiger partial charge in [0.1, 0.15) is 5.75 Å². The maximum Gasteiger partial charge on any atom is 0.340 e. The molecule has 0 heterocycles. The lowest BCUT2D eigenvalue weighted by Gasteiger charge is -2.12. The highest BCUT2D eigenvalue weighted by atomic mass is 35.5. The Morgan fingerprint density at radius 2 is 1.75 bits per heavy atom. The Balaban J connectivity index is 1.75. The molecule has 2 aromatic rings. The minimum Gasteiger partial charge on any atom is -0.492 e. The average molecular weight is 405 g/mol. The molecular weight excluding hydrogens is 380 g/mol. The van der Waals surface area contributed by atoms with Crippen LogP contribution in [-0.4, -0.2) is 31.8 Å². The molecule has 28 heavy (non-hydrogen) atoms. The second-order valence-corrected chi connectivity index (χ2v) is 6.46. The molecule has 0 fully saturated rings. The zero-order chi connectivity index (χ0) is 20.2. The normalized spacial score (nSPS) is 10.2. The van der Waals surface area contributed by atoms with Gasteiger partial charge in [-0.15, -0.1) is 0 Å². The quantitative estimate of drug-likeness (QED) is 0.436. The fourth-order valence-corrected chi connectivity index (χ4v) is 2.53. The lowest BCUT2D eigenvalue weighted by molar-refractivity contribution is 0.0501. The van der Waals surface area contributed by atoms with Crippen LogP contribution in [0.15, 0.2) is 48.5 Å². The molecule has 0 saturated heterocycles. The van der Waals surface area contributed by atoms with E-state index in [9.17, 15) is 9.59 Å². The number of esters is 1. The van der Waals surface area contributed by atoms with E-state index in [1.54, 1.807) is 36.4 Å². The van der Waals surface area contributed by atoms with Crippen molar-refractivity contribution in [3.8, 4) is 5.75 Å². The van der Waals surface area contributed by atoms with E-state index in [0.717, 1.165) is 12.8 Å². The summed E-state index contributed by atoms with van der Waals surface area (Å²) in [6.07, 6.45) is 2.35. The molecule has 0 radical (unpaired) electrons. The molecule has 0 aromatic heterocycles. The van der Waals surface area contributed by atoms with Crippen molar-refractivity contribution in [3.05, 3.63) is 59.1 Å². The van der Waals surface area contributed by atoms with Crippen LogP contribution in [0, 0.1) is 0 Å². The van der Waals surface area contributed by atoms with Crippen LogP contribution >= 0.6 is 11.6 Å². The van der Waals surface area contributed by atoms with Gasteiger partial charge in [0.05, 0.1) is 29.5 Å². The molecule has 2 N–H and O–H groups in total. The number of carbonyl (C=O) groups excluding carboxylic acids is 2. The predicted octanol–water partition coefficient (Wildman–Crippen LogP) is 4.89. The average Bonchev–Trinajstić information content (AvgIpc) is 2.69. The summed E-state index contributed by atoms with van der Waals surface area (Å²) in [5, 5.41) is 5.97. The number of anilines is 1. The van der Waals surface area contributed by atoms with Gasteiger partial charge < -0.3 is 20.1 Å². The van der Waals surface area contributed by atoms with E-state index in [1.807, 2.05) is 19.1 Å². The van der Waals surface area contributed by atoms with Crippen molar-refractivity contribution in [1.82, 2.24) is 5.32 Å². The molecule has 0 spiro atoms. The van der Waals surface area contributed by atoms with Gasteiger partial charge in [-0.05, 0) is 37.1 Å². The zero-order valence-corrected chi connectivity index (χ0v) is 16.6. The molecule has 0 aliphatic rings. The molecule has 2 amide bonds. The van der Waals surface area contributed by atoms with E-state index in [-0.39, 0.29) is 0 Å². The zero-order valence-electron chi connectivity index (χ0n) is 15.9. The van der Waals surface area contributed by atoms with E-state index >= 15 is 0 Å². The topological polar surface area (TPSA) is 76.7 Å². The molecule has 0 unspecified atom stereocenters. The molecule has 0 aliphatic carbocycles. The van der Waals surface area contributed by atoms with Crippen molar-refractivity contribution in [2.24, 2.45) is 0 Å². The number of hydrogen-bond acceptors (Lipinski definition) is 4. The van der Waals surface area contributed by atoms with Gasteiger partial charge in [0, 0.05) is 6.54 Å². The first-order chi connectivity index (χ1) is 13.6. The molecular formula is C21H25ClN2O4. The summed E-state index contributed by atoms with van der Waals surface area (Å²) in [5.41, 5.74) is 0.740. The number of hydrogen-bond donors (Lipinski definition) is 2. The standard InChI is InChI=1S/C21H25ClN2O4/c1-2-3-14-28-20(25)16-9-4-6-11-18(16)24-21(26)23-13-8-15-27-19-12-7-5-10-17(19)22/h4-7,9-12H,2-3,8,13-15H2,1H3,(H2,23,24,26). The van der Waals surface area contributed by atoms with Crippen LogP contribution in [0.5, 0.6) is 5.75 Å². The highest BCUT2D eigenvalue weighted by Crippen LogP contribution is 2.23. The third-order valence-corrected chi connectivity index (χ3v) is 4.14. The molecule has 0 saturated carbocycles. The van der Waals surface area contributed by atoms with Gasteiger partial charge in [-0.2, -0.15) is 0 Å². The molecule has 2 rings (SSSR count). The Bertz CT molecular complexity index is 783. The lowest BCUT2D eigenvalue weighted by Crippen LogP contribution is -2.31. The molecule has 6 nitrogen and oxygen atoms in total. The number of unbranched alkanes of at least 4 members (excludes halogenated alkanes) is 1. The van der Waals surface area contributed by atoms with E-state index < -0.39 is 12.0 Å².